The van der Waals surface area contributed by atoms with Gasteiger partial charge in [0.15, 0.2) is 0 Å². The Hall–Kier alpha value is -2.57. The first-order chi connectivity index (χ1) is 12.4. The van der Waals surface area contributed by atoms with Gasteiger partial charge in [0.2, 0.25) is 5.91 Å². The van der Waals surface area contributed by atoms with E-state index < -0.39 is 23.6 Å². The van der Waals surface area contributed by atoms with E-state index in [4.69, 9.17) is 4.74 Å². The molecule has 1 rings (SSSR count). The second-order valence-electron chi connectivity index (χ2n) is 7.71. The second kappa shape index (κ2) is 9.39. The molecule has 2 atom stereocenters. The highest BCUT2D eigenvalue weighted by Crippen LogP contribution is 2.21. The van der Waals surface area contributed by atoms with E-state index in [0.29, 0.717) is 17.8 Å². The Morgan fingerprint density at radius 3 is 2.30 bits per heavy atom. The monoisotopic (exact) mass is 377 g/mol. The number of aryl methyl sites for hydroxylation is 1. The van der Waals surface area contributed by atoms with Crippen LogP contribution in [-0.4, -0.2) is 29.6 Å². The van der Waals surface area contributed by atoms with Gasteiger partial charge in [0.05, 0.1) is 0 Å². The molecule has 0 aromatic heterocycles. The Bertz CT molecular complexity index is 695. The summed E-state index contributed by atoms with van der Waals surface area (Å²) in [5.74, 6) is -0.746. The van der Waals surface area contributed by atoms with Crippen LogP contribution in [0.2, 0.25) is 0 Å². The van der Waals surface area contributed by atoms with E-state index in [1.807, 2.05) is 20.8 Å². The van der Waals surface area contributed by atoms with Crippen molar-refractivity contribution in [1.82, 2.24) is 5.32 Å². The van der Waals surface area contributed by atoms with Crippen molar-refractivity contribution in [3.63, 3.8) is 0 Å². The van der Waals surface area contributed by atoms with Gasteiger partial charge in [0, 0.05) is 18.3 Å². The van der Waals surface area contributed by atoms with Crippen molar-refractivity contribution in [2.45, 2.75) is 66.5 Å². The number of carbonyl (C=O) groups excluding carboxylic acids is 3. The molecule has 1 aromatic carbocycles. The van der Waals surface area contributed by atoms with Gasteiger partial charge in [-0.05, 0) is 51.3 Å². The molecule has 0 aliphatic heterocycles. The maximum Gasteiger partial charge on any atom is 0.329 e. The van der Waals surface area contributed by atoms with Gasteiger partial charge in [0.1, 0.15) is 11.6 Å². The third-order valence-electron chi connectivity index (χ3n) is 3.97. The van der Waals surface area contributed by atoms with Crippen molar-refractivity contribution in [2.24, 2.45) is 5.92 Å². The summed E-state index contributed by atoms with van der Waals surface area (Å²) in [6, 6.07) is 3.95. The van der Waals surface area contributed by atoms with Crippen LogP contribution in [0.25, 0.3) is 0 Å². The van der Waals surface area contributed by atoms with Crippen LogP contribution in [0.4, 0.5) is 16.2 Å². The van der Waals surface area contributed by atoms with Crippen molar-refractivity contribution in [3.8, 4) is 0 Å². The standard InChI is InChI=1S/C20H31N3O4/c1-8-12(2)17(18(25)27-20(5,6)7)23-19(26)22-16-11-15(21-14(4)24)10-9-13(16)3/h9-12,17H,8H2,1-7H3,(H,21,24)(H2,22,23,26)/t12-,17-/m0/s1. The van der Waals surface area contributed by atoms with Crippen LogP contribution in [0.1, 0.15) is 53.5 Å². The summed E-state index contributed by atoms with van der Waals surface area (Å²) >= 11 is 0. The Balaban J connectivity index is 2.90. The third kappa shape index (κ3) is 7.68. The van der Waals surface area contributed by atoms with E-state index in [-0.39, 0.29) is 11.8 Å². The second-order valence-corrected chi connectivity index (χ2v) is 7.71. The van der Waals surface area contributed by atoms with E-state index in [1.165, 1.54) is 6.92 Å². The van der Waals surface area contributed by atoms with E-state index in [9.17, 15) is 14.4 Å². The highest BCUT2D eigenvalue weighted by Gasteiger charge is 2.30. The minimum atomic E-state index is -0.756. The summed E-state index contributed by atoms with van der Waals surface area (Å²) in [7, 11) is 0. The predicted molar refractivity (Wildman–Crippen MR) is 107 cm³/mol. The van der Waals surface area contributed by atoms with Crippen molar-refractivity contribution < 1.29 is 19.1 Å². The van der Waals surface area contributed by atoms with Gasteiger partial charge in [-0.15, -0.1) is 0 Å². The van der Waals surface area contributed by atoms with Crippen LogP contribution in [0.3, 0.4) is 0 Å². The first-order valence-corrected chi connectivity index (χ1v) is 9.11. The molecule has 150 valence electrons. The highest BCUT2D eigenvalue weighted by molar-refractivity contribution is 5.95. The minimum Gasteiger partial charge on any atom is -0.458 e. The van der Waals surface area contributed by atoms with Crippen molar-refractivity contribution in [1.29, 1.82) is 0 Å². The van der Waals surface area contributed by atoms with Crippen LogP contribution >= 0.6 is 0 Å². The number of carbonyl (C=O) groups is 3. The zero-order chi connectivity index (χ0) is 20.8. The van der Waals surface area contributed by atoms with Gasteiger partial charge in [0.25, 0.3) is 0 Å². The molecular formula is C20H31N3O4. The lowest BCUT2D eigenvalue weighted by atomic mass is 9.99. The lowest BCUT2D eigenvalue weighted by Crippen LogP contribution is -2.49. The largest absolute Gasteiger partial charge is 0.458 e. The molecule has 0 saturated heterocycles. The Morgan fingerprint density at radius 1 is 1.15 bits per heavy atom. The topological polar surface area (TPSA) is 96.5 Å². The van der Waals surface area contributed by atoms with Gasteiger partial charge >= 0.3 is 12.0 Å². The number of amides is 3. The summed E-state index contributed by atoms with van der Waals surface area (Å²) in [5.41, 5.74) is 1.32. The maximum absolute atomic E-state index is 12.5. The minimum absolute atomic E-state index is 0.0857. The molecule has 0 aliphatic rings. The molecule has 27 heavy (non-hydrogen) atoms. The quantitative estimate of drug-likeness (QED) is 0.656. The summed E-state index contributed by atoms with van der Waals surface area (Å²) in [5, 5.41) is 8.13. The molecule has 0 spiro atoms. The van der Waals surface area contributed by atoms with E-state index in [2.05, 4.69) is 16.0 Å². The Kier molecular flexibility index (Phi) is 7.82. The summed E-state index contributed by atoms with van der Waals surface area (Å²) < 4.78 is 5.43. The molecule has 0 aliphatic carbocycles. The molecule has 3 N–H and O–H groups in total. The number of nitrogens with one attached hydrogen (secondary N) is 3. The fourth-order valence-corrected chi connectivity index (χ4v) is 2.37. The van der Waals surface area contributed by atoms with Crippen LogP contribution in [0, 0.1) is 12.8 Å². The lowest BCUT2D eigenvalue weighted by molar-refractivity contribution is -0.158. The number of urea groups is 1. The summed E-state index contributed by atoms with van der Waals surface area (Å²) in [6.45, 7) is 12.4. The summed E-state index contributed by atoms with van der Waals surface area (Å²) in [6.07, 6.45) is 0.710. The molecule has 0 fully saturated rings. The van der Waals surface area contributed by atoms with Crippen LogP contribution in [-0.2, 0) is 14.3 Å². The molecule has 0 saturated carbocycles. The molecule has 0 unspecified atom stereocenters. The molecule has 0 bridgehead atoms. The van der Waals surface area contributed by atoms with E-state index >= 15 is 0 Å². The SMILES string of the molecule is CC[C@H](C)[C@H](NC(=O)Nc1cc(NC(C)=O)ccc1C)C(=O)OC(C)(C)C. The molecule has 1 aromatic rings. The van der Waals surface area contributed by atoms with Gasteiger partial charge in [-0.2, -0.15) is 0 Å². The number of rotatable bonds is 6. The van der Waals surface area contributed by atoms with Crippen molar-refractivity contribution >= 4 is 29.3 Å². The van der Waals surface area contributed by atoms with Gasteiger partial charge in [-0.25, -0.2) is 9.59 Å². The highest BCUT2D eigenvalue weighted by atomic mass is 16.6. The predicted octanol–water partition coefficient (Wildman–Crippen LogP) is 3.83. The first-order valence-electron chi connectivity index (χ1n) is 9.11. The first kappa shape index (κ1) is 22.5. The van der Waals surface area contributed by atoms with Crippen LogP contribution in [0.5, 0.6) is 0 Å². The van der Waals surface area contributed by atoms with Crippen molar-refractivity contribution in [2.75, 3.05) is 10.6 Å². The number of hydrogen-bond acceptors (Lipinski definition) is 4. The van der Waals surface area contributed by atoms with Gasteiger partial charge in [-0.3, -0.25) is 4.79 Å². The third-order valence-corrected chi connectivity index (χ3v) is 3.97. The Morgan fingerprint density at radius 2 is 1.78 bits per heavy atom. The van der Waals surface area contributed by atoms with E-state index in [0.717, 1.165) is 5.56 Å². The molecule has 3 amide bonds. The Labute approximate surface area is 161 Å². The fraction of sp³-hybridized carbons (Fsp3) is 0.550. The van der Waals surface area contributed by atoms with Crippen LogP contribution < -0.4 is 16.0 Å². The lowest BCUT2D eigenvalue weighted by Gasteiger charge is -2.27. The zero-order valence-corrected chi connectivity index (χ0v) is 17.2. The zero-order valence-electron chi connectivity index (χ0n) is 17.2. The van der Waals surface area contributed by atoms with Crippen molar-refractivity contribution in [3.05, 3.63) is 23.8 Å². The average Bonchev–Trinajstić information content (AvgIpc) is 2.52. The molecule has 7 nitrogen and oxygen atoms in total. The summed E-state index contributed by atoms with van der Waals surface area (Å²) in [4.78, 5) is 36.2. The number of anilines is 2. The molecule has 7 heteroatoms. The molecular weight excluding hydrogens is 346 g/mol. The van der Waals surface area contributed by atoms with Gasteiger partial charge < -0.3 is 20.7 Å². The average molecular weight is 377 g/mol. The number of ether oxygens (including phenoxy) is 1. The van der Waals surface area contributed by atoms with E-state index in [1.54, 1.807) is 39.0 Å². The smallest absolute Gasteiger partial charge is 0.329 e. The number of esters is 1. The normalized spacial score (nSPS) is 13.3. The molecule has 0 radical (unpaired) electrons. The van der Waals surface area contributed by atoms with Gasteiger partial charge in [-0.1, -0.05) is 26.3 Å². The van der Waals surface area contributed by atoms with Crippen LogP contribution in [0.15, 0.2) is 18.2 Å². The molecule has 0 heterocycles. The number of benzene rings is 1. The maximum atomic E-state index is 12.5. The fourth-order valence-electron chi connectivity index (χ4n) is 2.37. The number of hydrogen-bond donors (Lipinski definition) is 3.